The molecule has 0 aromatic heterocycles. The Morgan fingerprint density at radius 2 is 2.06 bits per heavy atom. The second kappa shape index (κ2) is 5.17. The van der Waals surface area contributed by atoms with E-state index in [0.29, 0.717) is 12.5 Å². The highest BCUT2D eigenvalue weighted by Crippen LogP contribution is 2.35. The van der Waals surface area contributed by atoms with E-state index in [2.05, 4.69) is 5.32 Å². The molecule has 2 atom stereocenters. The van der Waals surface area contributed by atoms with Gasteiger partial charge in [0.25, 0.3) is 0 Å². The molecule has 1 heterocycles. The summed E-state index contributed by atoms with van der Waals surface area (Å²) in [7, 11) is 0. The van der Waals surface area contributed by atoms with Crippen molar-refractivity contribution in [3.8, 4) is 6.07 Å². The fourth-order valence-corrected chi connectivity index (χ4v) is 2.98. The summed E-state index contributed by atoms with van der Waals surface area (Å²) in [5.41, 5.74) is 0. The van der Waals surface area contributed by atoms with Gasteiger partial charge in [0.15, 0.2) is 0 Å². The Hall–Kier alpha value is -1.57. The van der Waals surface area contributed by atoms with E-state index in [1.165, 1.54) is 12.8 Å². The van der Waals surface area contributed by atoms with Crippen molar-refractivity contribution in [2.45, 2.75) is 38.1 Å². The van der Waals surface area contributed by atoms with E-state index in [-0.39, 0.29) is 12.6 Å². The Kier molecular flexibility index (Phi) is 3.62. The van der Waals surface area contributed by atoms with Crippen LogP contribution in [0.15, 0.2) is 0 Å². The van der Waals surface area contributed by atoms with Crippen molar-refractivity contribution < 1.29 is 9.59 Å². The zero-order valence-electron chi connectivity index (χ0n) is 9.82. The third-order valence-electron chi connectivity index (χ3n) is 3.79. The molecular weight excluding hydrogens is 218 g/mol. The number of nitrogens with one attached hydrogen (secondary N) is 1. The monoisotopic (exact) mass is 235 g/mol. The first-order valence-corrected chi connectivity index (χ1v) is 6.20. The molecule has 1 aliphatic carbocycles. The van der Waals surface area contributed by atoms with Gasteiger partial charge in [0.1, 0.15) is 6.54 Å². The van der Waals surface area contributed by atoms with E-state index in [9.17, 15) is 9.59 Å². The Morgan fingerprint density at radius 1 is 1.29 bits per heavy atom. The number of hydrogen-bond donors (Lipinski definition) is 1. The van der Waals surface area contributed by atoms with E-state index < -0.39 is 11.8 Å². The van der Waals surface area contributed by atoms with Crippen LogP contribution in [0.5, 0.6) is 0 Å². The van der Waals surface area contributed by atoms with Crippen molar-refractivity contribution in [2.75, 3.05) is 13.1 Å². The van der Waals surface area contributed by atoms with Gasteiger partial charge in [-0.15, -0.1) is 0 Å². The molecule has 0 aromatic rings. The van der Waals surface area contributed by atoms with Gasteiger partial charge < -0.3 is 10.2 Å². The first-order chi connectivity index (χ1) is 8.24. The molecule has 5 heteroatoms. The van der Waals surface area contributed by atoms with Gasteiger partial charge in [0.05, 0.1) is 6.07 Å². The van der Waals surface area contributed by atoms with Gasteiger partial charge in [-0.2, -0.15) is 5.26 Å². The maximum absolute atomic E-state index is 11.9. The molecule has 1 aliphatic heterocycles. The van der Waals surface area contributed by atoms with Gasteiger partial charge in [0, 0.05) is 12.6 Å². The predicted molar refractivity (Wildman–Crippen MR) is 60.7 cm³/mol. The van der Waals surface area contributed by atoms with Crippen LogP contribution < -0.4 is 5.32 Å². The summed E-state index contributed by atoms with van der Waals surface area (Å²) >= 11 is 0. The Morgan fingerprint density at radius 3 is 2.82 bits per heavy atom. The molecule has 92 valence electrons. The Labute approximate surface area is 101 Å². The lowest BCUT2D eigenvalue weighted by Gasteiger charge is -2.31. The number of nitrogens with zero attached hydrogens (tertiary/aromatic N) is 2. The molecule has 0 spiro atoms. The van der Waals surface area contributed by atoms with Gasteiger partial charge >= 0.3 is 11.8 Å². The van der Waals surface area contributed by atoms with E-state index in [4.69, 9.17) is 5.26 Å². The number of carbonyl (C=O) groups is 2. The van der Waals surface area contributed by atoms with E-state index in [1.54, 1.807) is 11.0 Å². The lowest BCUT2D eigenvalue weighted by Crippen LogP contribution is -2.46. The van der Waals surface area contributed by atoms with E-state index >= 15 is 0 Å². The fourth-order valence-electron chi connectivity index (χ4n) is 2.98. The summed E-state index contributed by atoms with van der Waals surface area (Å²) < 4.78 is 0. The second-order valence-electron chi connectivity index (χ2n) is 4.74. The first-order valence-electron chi connectivity index (χ1n) is 6.20. The predicted octanol–water partition coefficient (Wildman–Crippen LogP) is 0.417. The molecule has 17 heavy (non-hydrogen) atoms. The second-order valence-corrected chi connectivity index (χ2v) is 4.74. The molecule has 1 N–H and O–H groups in total. The standard InChI is InChI=1S/C12H17N3O2/c13-6-7-14-11(16)12(17)15-8-5-9-3-1-2-4-10(9)15/h9-10H,1-5,7-8H2,(H,14,16). The number of hydrogen-bond acceptors (Lipinski definition) is 3. The van der Waals surface area contributed by atoms with Crippen LogP contribution >= 0.6 is 0 Å². The van der Waals surface area contributed by atoms with Gasteiger partial charge in [0.2, 0.25) is 0 Å². The number of likely N-dealkylation sites (tertiary alicyclic amines) is 1. The number of rotatable bonds is 1. The number of carbonyl (C=O) groups excluding carboxylic acids is 2. The summed E-state index contributed by atoms with van der Waals surface area (Å²) in [5.74, 6) is -0.524. The van der Waals surface area contributed by atoms with E-state index in [1.807, 2.05) is 0 Å². The van der Waals surface area contributed by atoms with Gasteiger partial charge in [-0.1, -0.05) is 12.8 Å². The minimum atomic E-state index is -0.641. The molecule has 2 rings (SSSR count). The minimum absolute atomic E-state index is 0.105. The summed E-state index contributed by atoms with van der Waals surface area (Å²) in [6.07, 6.45) is 5.59. The number of nitriles is 1. The molecule has 2 amide bonds. The van der Waals surface area contributed by atoms with Crippen molar-refractivity contribution in [1.29, 1.82) is 5.26 Å². The third-order valence-corrected chi connectivity index (χ3v) is 3.79. The molecule has 0 bridgehead atoms. The van der Waals surface area contributed by atoms with Crippen LogP contribution in [-0.2, 0) is 9.59 Å². The first kappa shape index (κ1) is 11.9. The van der Waals surface area contributed by atoms with Crippen LogP contribution in [-0.4, -0.2) is 35.8 Å². The maximum Gasteiger partial charge on any atom is 0.312 e. The quantitative estimate of drug-likeness (QED) is 0.528. The number of fused-ring (bicyclic) bond motifs is 1. The average molecular weight is 235 g/mol. The largest absolute Gasteiger partial charge is 0.335 e. The SMILES string of the molecule is N#CCNC(=O)C(=O)N1CCC2CCCCC21. The maximum atomic E-state index is 11.9. The molecule has 5 nitrogen and oxygen atoms in total. The summed E-state index contributed by atoms with van der Waals surface area (Å²) in [4.78, 5) is 25.1. The minimum Gasteiger partial charge on any atom is -0.335 e. The van der Waals surface area contributed by atoms with Crippen molar-refractivity contribution in [3.05, 3.63) is 0 Å². The summed E-state index contributed by atoms with van der Waals surface area (Å²) in [6, 6.07) is 2.05. The highest BCUT2D eigenvalue weighted by molar-refractivity contribution is 6.35. The highest BCUT2D eigenvalue weighted by Gasteiger charge is 2.39. The van der Waals surface area contributed by atoms with Crippen LogP contribution in [0.4, 0.5) is 0 Å². The summed E-state index contributed by atoms with van der Waals surface area (Å²) in [6.45, 7) is 0.584. The van der Waals surface area contributed by atoms with Crippen LogP contribution in [0, 0.1) is 17.2 Å². The topological polar surface area (TPSA) is 73.2 Å². The van der Waals surface area contributed by atoms with Gasteiger partial charge in [-0.05, 0) is 25.2 Å². The van der Waals surface area contributed by atoms with Crippen LogP contribution in [0.2, 0.25) is 0 Å². The van der Waals surface area contributed by atoms with Crippen molar-refractivity contribution in [2.24, 2.45) is 5.92 Å². The molecule has 0 radical (unpaired) electrons. The molecule has 2 aliphatic rings. The van der Waals surface area contributed by atoms with Crippen molar-refractivity contribution >= 4 is 11.8 Å². The molecular formula is C12H17N3O2. The zero-order valence-corrected chi connectivity index (χ0v) is 9.82. The zero-order chi connectivity index (χ0) is 12.3. The van der Waals surface area contributed by atoms with Gasteiger partial charge in [-0.3, -0.25) is 9.59 Å². The molecule has 0 aromatic carbocycles. The van der Waals surface area contributed by atoms with Gasteiger partial charge in [-0.25, -0.2) is 0 Å². The molecule has 1 saturated carbocycles. The van der Waals surface area contributed by atoms with E-state index in [0.717, 1.165) is 19.3 Å². The Balaban J connectivity index is 1.96. The Bertz CT molecular complexity index is 361. The number of amides is 2. The average Bonchev–Trinajstić information content (AvgIpc) is 2.78. The lowest BCUT2D eigenvalue weighted by atomic mass is 9.85. The molecule has 2 fully saturated rings. The van der Waals surface area contributed by atoms with Crippen molar-refractivity contribution in [3.63, 3.8) is 0 Å². The third kappa shape index (κ3) is 2.41. The molecule has 1 saturated heterocycles. The van der Waals surface area contributed by atoms with Crippen LogP contribution in [0.25, 0.3) is 0 Å². The van der Waals surface area contributed by atoms with Crippen molar-refractivity contribution in [1.82, 2.24) is 10.2 Å². The van der Waals surface area contributed by atoms with Crippen LogP contribution in [0.3, 0.4) is 0 Å². The fraction of sp³-hybridized carbons (Fsp3) is 0.750. The lowest BCUT2D eigenvalue weighted by molar-refractivity contribution is -0.146. The smallest absolute Gasteiger partial charge is 0.312 e. The molecule has 2 unspecified atom stereocenters. The normalized spacial score (nSPS) is 27.1. The summed E-state index contributed by atoms with van der Waals surface area (Å²) in [5, 5.41) is 10.7. The highest BCUT2D eigenvalue weighted by atomic mass is 16.2. The van der Waals surface area contributed by atoms with Crippen LogP contribution in [0.1, 0.15) is 32.1 Å².